The van der Waals surface area contributed by atoms with Crippen LogP contribution in [0.15, 0.2) is 54.1 Å². The first-order valence-electron chi connectivity index (χ1n) is 7.90. The van der Waals surface area contributed by atoms with Crippen LogP contribution >= 0.6 is 0 Å². The van der Waals surface area contributed by atoms with Gasteiger partial charge >= 0.3 is 0 Å². The van der Waals surface area contributed by atoms with Crippen molar-refractivity contribution < 1.29 is 4.79 Å². The molecule has 0 saturated heterocycles. The minimum atomic E-state index is -0.402. The molecule has 1 N–H and O–H groups in total. The Morgan fingerprint density at radius 1 is 1.04 bits per heavy atom. The van der Waals surface area contributed by atoms with Crippen molar-refractivity contribution in [2.75, 3.05) is 5.32 Å². The van der Waals surface area contributed by atoms with Crippen LogP contribution in [0, 0.1) is 18.3 Å². The molecule has 0 aliphatic rings. The highest BCUT2D eigenvalue weighted by Crippen LogP contribution is 2.23. The first kappa shape index (κ1) is 17.5. The Morgan fingerprint density at radius 2 is 1.62 bits per heavy atom. The molecule has 0 atom stereocenters. The fourth-order valence-electron chi connectivity index (χ4n) is 2.23. The Labute approximate surface area is 143 Å². The van der Waals surface area contributed by atoms with Gasteiger partial charge in [-0.3, -0.25) is 4.79 Å². The zero-order chi connectivity index (χ0) is 17.7. The maximum Gasteiger partial charge on any atom is 0.266 e. The first-order valence-corrected chi connectivity index (χ1v) is 7.90. The molecule has 0 spiro atoms. The zero-order valence-corrected chi connectivity index (χ0v) is 14.6. The molecule has 3 nitrogen and oxygen atoms in total. The highest BCUT2D eigenvalue weighted by Gasteiger charge is 2.13. The number of amides is 1. The topological polar surface area (TPSA) is 52.9 Å². The van der Waals surface area contributed by atoms with Gasteiger partial charge in [0.25, 0.3) is 5.91 Å². The number of carbonyl (C=O) groups excluding carboxylic acids is 1. The van der Waals surface area contributed by atoms with Gasteiger partial charge in [-0.1, -0.05) is 62.7 Å². The lowest BCUT2D eigenvalue weighted by Gasteiger charge is -2.18. The standard InChI is InChI=1S/C21H22N2O/c1-15-5-11-19(12-6-15)23-20(24)17(14-22)13-16-7-9-18(10-8-16)21(2,3)4/h5-13H,1-4H3,(H,23,24)/b17-13-. The Morgan fingerprint density at radius 3 is 2.12 bits per heavy atom. The highest BCUT2D eigenvalue weighted by atomic mass is 16.1. The lowest BCUT2D eigenvalue weighted by atomic mass is 9.86. The number of aryl methyl sites for hydroxylation is 1. The predicted molar refractivity (Wildman–Crippen MR) is 98.5 cm³/mol. The summed E-state index contributed by atoms with van der Waals surface area (Å²) < 4.78 is 0. The van der Waals surface area contributed by atoms with Crippen molar-refractivity contribution in [3.8, 4) is 6.07 Å². The average molecular weight is 318 g/mol. The van der Waals surface area contributed by atoms with Crippen molar-refractivity contribution >= 4 is 17.7 Å². The Balaban J connectivity index is 2.18. The zero-order valence-electron chi connectivity index (χ0n) is 14.6. The van der Waals surface area contributed by atoms with E-state index in [0.717, 1.165) is 11.1 Å². The summed E-state index contributed by atoms with van der Waals surface area (Å²) in [7, 11) is 0. The number of benzene rings is 2. The van der Waals surface area contributed by atoms with Crippen LogP contribution in [0.1, 0.15) is 37.5 Å². The van der Waals surface area contributed by atoms with Gasteiger partial charge in [0.05, 0.1) is 0 Å². The number of nitrogens with one attached hydrogen (secondary N) is 1. The monoisotopic (exact) mass is 318 g/mol. The van der Waals surface area contributed by atoms with Gasteiger partial charge in [0.2, 0.25) is 0 Å². The maximum atomic E-state index is 12.3. The largest absolute Gasteiger partial charge is 0.321 e. The number of anilines is 1. The third kappa shape index (κ3) is 4.57. The Kier molecular flexibility index (Phi) is 5.21. The predicted octanol–water partition coefficient (Wildman–Crippen LogP) is 4.84. The summed E-state index contributed by atoms with van der Waals surface area (Å²) in [6.07, 6.45) is 1.61. The van der Waals surface area contributed by atoms with Crippen molar-refractivity contribution in [3.05, 3.63) is 70.8 Å². The van der Waals surface area contributed by atoms with Crippen LogP contribution in [-0.2, 0) is 10.2 Å². The molecule has 0 fully saturated rings. The van der Waals surface area contributed by atoms with Crippen LogP contribution < -0.4 is 5.32 Å². The quantitative estimate of drug-likeness (QED) is 0.650. The number of carbonyl (C=O) groups is 1. The molecule has 0 unspecified atom stereocenters. The third-order valence-corrected chi connectivity index (χ3v) is 3.76. The van der Waals surface area contributed by atoms with Crippen LogP contribution in [0.5, 0.6) is 0 Å². The Bertz CT molecular complexity index is 786. The van der Waals surface area contributed by atoms with E-state index in [2.05, 4.69) is 26.1 Å². The van der Waals surface area contributed by atoms with E-state index >= 15 is 0 Å². The van der Waals surface area contributed by atoms with E-state index in [-0.39, 0.29) is 11.0 Å². The fraction of sp³-hybridized carbons (Fsp3) is 0.238. The van der Waals surface area contributed by atoms with Gasteiger partial charge in [-0.2, -0.15) is 5.26 Å². The summed E-state index contributed by atoms with van der Waals surface area (Å²) in [5.41, 5.74) is 3.99. The number of hydrogen-bond donors (Lipinski definition) is 1. The van der Waals surface area contributed by atoms with Gasteiger partial charge in [0.15, 0.2) is 0 Å². The van der Waals surface area contributed by atoms with Gasteiger partial charge in [0.1, 0.15) is 11.6 Å². The van der Waals surface area contributed by atoms with E-state index < -0.39 is 5.91 Å². The summed E-state index contributed by atoms with van der Waals surface area (Å²) in [5.74, 6) is -0.402. The summed E-state index contributed by atoms with van der Waals surface area (Å²) in [6, 6.07) is 17.4. The van der Waals surface area contributed by atoms with Crippen molar-refractivity contribution in [3.63, 3.8) is 0 Å². The van der Waals surface area contributed by atoms with Crippen molar-refractivity contribution in [2.24, 2.45) is 0 Å². The van der Waals surface area contributed by atoms with E-state index in [4.69, 9.17) is 0 Å². The number of hydrogen-bond acceptors (Lipinski definition) is 2. The Hall–Kier alpha value is -2.86. The van der Waals surface area contributed by atoms with Crippen LogP contribution in [0.4, 0.5) is 5.69 Å². The van der Waals surface area contributed by atoms with Crippen LogP contribution in [0.25, 0.3) is 6.08 Å². The van der Waals surface area contributed by atoms with E-state index in [9.17, 15) is 10.1 Å². The first-order chi connectivity index (χ1) is 11.3. The smallest absolute Gasteiger partial charge is 0.266 e. The second-order valence-electron chi connectivity index (χ2n) is 6.86. The van der Waals surface area contributed by atoms with E-state index in [1.165, 1.54) is 5.56 Å². The second kappa shape index (κ2) is 7.14. The normalized spacial score (nSPS) is 11.7. The maximum absolute atomic E-state index is 12.3. The van der Waals surface area contributed by atoms with Gasteiger partial charge in [-0.25, -0.2) is 0 Å². The molecule has 0 radical (unpaired) electrons. The van der Waals surface area contributed by atoms with Gasteiger partial charge in [-0.05, 0) is 41.7 Å². The molecule has 2 aromatic carbocycles. The molecule has 0 aromatic heterocycles. The molecule has 0 aliphatic heterocycles. The van der Waals surface area contributed by atoms with Gasteiger partial charge in [0, 0.05) is 5.69 Å². The van der Waals surface area contributed by atoms with Crippen molar-refractivity contribution in [1.29, 1.82) is 5.26 Å². The minimum Gasteiger partial charge on any atom is -0.321 e. The van der Waals surface area contributed by atoms with Crippen LogP contribution in [0.3, 0.4) is 0 Å². The molecule has 122 valence electrons. The third-order valence-electron chi connectivity index (χ3n) is 3.76. The molecule has 2 aromatic rings. The molecule has 2 rings (SSSR count). The van der Waals surface area contributed by atoms with E-state index in [0.29, 0.717) is 5.69 Å². The SMILES string of the molecule is Cc1ccc(NC(=O)/C(C#N)=C\c2ccc(C(C)(C)C)cc2)cc1. The minimum absolute atomic E-state index is 0.0725. The lowest BCUT2D eigenvalue weighted by molar-refractivity contribution is -0.112. The molecule has 0 saturated carbocycles. The molecule has 0 heterocycles. The van der Waals surface area contributed by atoms with Crippen LogP contribution in [0.2, 0.25) is 0 Å². The molecular formula is C21H22N2O. The molecular weight excluding hydrogens is 296 g/mol. The number of rotatable bonds is 3. The average Bonchev–Trinajstić information content (AvgIpc) is 2.54. The lowest BCUT2D eigenvalue weighted by Crippen LogP contribution is -2.13. The van der Waals surface area contributed by atoms with Gasteiger partial charge in [-0.15, -0.1) is 0 Å². The van der Waals surface area contributed by atoms with Crippen molar-refractivity contribution in [2.45, 2.75) is 33.1 Å². The summed E-state index contributed by atoms with van der Waals surface area (Å²) >= 11 is 0. The second-order valence-corrected chi connectivity index (χ2v) is 6.86. The fourth-order valence-corrected chi connectivity index (χ4v) is 2.23. The molecule has 3 heteroatoms. The van der Waals surface area contributed by atoms with E-state index in [1.54, 1.807) is 6.08 Å². The number of nitriles is 1. The highest BCUT2D eigenvalue weighted by molar-refractivity contribution is 6.09. The molecule has 0 aliphatic carbocycles. The molecule has 0 bridgehead atoms. The summed E-state index contributed by atoms with van der Waals surface area (Å²) in [5, 5.41) is 12.0. The molecule has 24 heavy (non-hydrogen) atoms. The summed E-state index contributed by atoms with van der Waals surface area (Å²) in [4.78, 5) is 12.3. The summed E-state index contributed by atoms with van der Waals surface area (Å²) in [6.45, 7) is 8.42. The molecule has 1 amide bonds. The van der Waals surface area contributed by atoms with E-state index in [1.807, 2.05) is 61.5 Å². The van der Waals surface area contributed by atoms with Crippen LogP contribution in [-0.4, -0.2) is 5.91 Å². The van der Waals surface area contributed by atoms with Crippen molar-refractivity contribution in [1.82, 2.24) is 0 Å². The van der Waals surface area contributed by atoms with Gasteiger partial charge < -0.3 is 5.32 Å². The number of nitrogens with zero attached hydrogens (tertiary/aromatic N) is 1.